The molecule has 2 aliphatic rings. The van der Waals surface area contributed by atoms with Crippen molar-refractivity contribution in [2.75, 3.05) is 24.5 Å². The van der Waals surface area contributed by atoms with Crippen LogP contribution in [0.1, 0.15) is 41.7 Å². The van der Waals surface area contributed by atoms with Crippen LogP contribution in [-0.2, 0) is 13.1 Å². The van der Waals surface area contributed by atoms with Gasteiger partial charge in [0.15, 0.2) is 5.82 Å². The molecule has 5 rings (SSSR count). The van der Waals surface area contributed by atoms with E-state index in [0.717, 1.165) is 54.5 Å². The van der Waals surface area contributed by atoms with Gasteiger partial charge in [-0.3, -0.25) is 14.5 Å². The van der Waals surface area contributed by atoms with Gasteiger partial charge >= 0.3 is 6.18 Å². The number of aryl methyl sites for hydroxylation is 1. The van der Waals surface area contributed by atoms with Gasteiger partial charge in [-0.2, -0.15) is 13.2 Å². The summed E-state index contributed by atoms with van der Waals surface area (Å²) in [6.45, 7) is 2.69. The quantitative estimate of drug-likeness (QED) is 0.561. The fourth-order valence-electron chi connectivity index (χ4n) is 4.69. The van der Waals surface area contributed by atoms with Crippen molar-refractivity contribution < 1.29 is 13.2 Å². The molecule has 0 saturated carbocycles. The van der Waals surface area contributed by atoms with Crippen LogP contribution in [0.25, 0.3) is 5.69 Å². The van der Waals surface area contributed by atoms with Crippen LogP contribution in [0.15, 0.2) is 30.6 Å². The van der Waals surface area contributed by atoms with Gasteiger partial charge in [-0.15, -0.1) is 10.2 Å². The van der Waals surface area contributed by atoms with Crippen molar-refractivity contribution in [1.82, 2.24) is 29.6 Å². The normalized spacial score (nSPS) is 17.5. The van der Waals surface area contributed by atoms with E-state index in [4.69, 9.17) is 11.6 Å². The van der Waals surface area contributed by atoms with Crippen molar-refractivity contribution in [2.45, 2.75) is 44.9 Å². The van der Waals surface area contributed by atoms with Crippen LogP contribution < -0.4 is 4.90 Å². The first-order valence-electron chi connectivity index (χ1n) is 10.8. The van der Waals surface area contributed by atoms with Gasteiger partial charge in [-0.05, 0) is 43.5 Å². The predicted molar refractivity (Wildman–Crippen MR) is 117 cm³/mol. The lowest BCUT2D eigenvalue weighted by Gasteiger charge is -2.32. The number of fused-ring (bicyclic) bond motifs is 3. The van der Waals surface area contributed by atoms with Crippen LogP contribution in [0.5, 0.6) is 0 Å². The Morgan fingerprint density at radius 3 is 2.61 bits per heavy atom. The van der Waals surface area contributed by atoms with Gasteiger partial charge < -0.3 is 4.90 Å². The van der Waals surface area contributed by atoms with Crippen molar-refractivity contribution in [1.29, 1.82) is 0 Å². The number of rotatable bonds is 3. The van der Waals surface area contributed by atoms with Gasteiger partial charge in [-0.25, -0.2) is 4.98 Å². The van der Waals surface area contributed by atoms with E-state index in [0.29, 0.717) is 10.8 Å². The molecule has 0 unspecified atom stereocenters. The molecule has 0 N–H and O–H groups in total. The van der Waals surface area contributed by atoms with Crippen LogP contribution in [-0.4, -0.2) is 55.4 Å². The van der Waals surface area contributed by atoms with E-state index in [-0.39, 0.29) is 19.0 Å². The number of aromatic nitrogens is 5. The molecule has 1 fully saturated rings. The van der Waals surface area contributed by atoms with E-state index in [9.17, 15) is 13.2 Å². The Bertz CT molecular complexity index is 1160. The second kappa shape index (κ2) is 8.57. The fraction of sp³-hybridized carbons (Fsp3) is 0.455. The average molecular weight is 478 g/mol. The lowest BCUT2D eigenvalue weighted by atomic mass is 9.95. The molecule has 0 radical (unpaired) electrons. The summed E-state index contributed by atoms with van der Waals surface area (Å²) in [5.74, 6) is 2.30. The zero-order chi connectivity index (χ0) is 23.2. The van der Waals surface area contributed by atoms with E-state index in [1.165, 1.54) is 4.90 Å². The van der Waals surface area contributed by atoms with Crippen LogP contribution in [0.3, 0.4) is 0 Å². The molecule has 174 valence electrons. The number of halogens is 4. The summed E-state index contributed by atoms with van der Waals surface area (Å²) < 4.78 is 41.5. The second-order valence-corrected chi connectivity index (χ2v) is 9.06. The standard InChI is InChI=1S/C22H23ClF3N7/c1-14-9-27-10-19(28-14)32-6-4-15(5-7-32)21-30-29-20-12-31(13-22(24,25)26)11-16-8-17(23)2-3-18(16)33(20)21/h2-3,8-10,15H,4-7,11-13H2,1H3. The first kappa shape index (κ1) is 22.1. The topological polar surface area (TPSA) is 63.0 Å². The SMILES string of the molecule is Cc1cncc(N2CCC(c3nnc4n3-c3ccc(Cl)cc3CN(CC(F)(F)F)C4)CC2)n1. The molecule has 7 nitrogen and oxygen atoms in total. The third-order valence-corrected chi connectivity index (χ3v) is 6.36. The van der Waals surface area contributed by atoms with Gasteiger partial charge in [0.1, 0.15) is 11.6 Å². The highest BCUT2D eigenvalue weighted by molar-refractivity contribution is 6.30. The molecule has 0 atom stereocenters. The van der Waals surface area contributed by atoms with Crippen LogP contribution in [0, 0.1) is 6.92 Å². The zero-order valence-corrected chi connectivity index (χ0v) is 18.8. The molecular formula is C22H23ClF3N7. The summed E-state index contributed by atoms with van der Waals surface area (Å²) in [6, 6.07) is 5.34. The fourth-order valence-corrected chi connectivity index (χ4v) is 4.88. The highest BCUT2D eigenvalue weighted by atomic mass is 35.5. The van der Waals surface area contributed by atoms with Gasteiger partial charge in [-0.1, -0.05) is 11.6 Å². The van der Waals surface area contributed by atoms with Gasteiger partial charge in [0.25, 0.3) is 0 Å². The number of piperidine rings is 1. The summed E-state index contributed by atoms with van der Waals surface area (Å²) in [7, 11) is 0. The largest absolute Gasteiger partial charge is 0.401 e. The molecule has 2 aromatic heterocycles. The molecule has 11 heteroatoms. The zero-order valence-electron chi connectivity index (χ0n) is 18.1. The first-order chi connectivity index (χ1) is 15.8. The lowest BCUT2D eigenvalue weighted by Crippen LogP contribution is -2.34. The Balaban J connectivity index is 1.44. The minimum Gasteiger partial charge on any atom is -0.355 e. The number of hydrogen-bond acceptors (Lipinski definition) is 6. The number of anilines is 1. The maximum absolute atomic E-state index is 13.2. The van der Waals surface area contributed by atoms with Crippen molar-refractivity contribution in [3.63, 3.8) is 0 Å². The summed E-state index contributed by atoms with van der Waals surface area (Å²) in [5, 5.41) is 9.26. The molecule has 0 spiro atoms. The number of alkyl halides is 3. The van der Waals surface area contributed by atoms with Crippen LogP contribution in [0.2, 0.25) is 5.02 Å². The summed E-state index contributed by atoms with van der Waals surface area (Å²) in [5.41, 5.74) is 2.40. The summed E-state index contributed by atoms with van der Waals surface area (Å²) in [4.78, 5) is 12.3. The molecule has 3 aromatic rings. The Morgan fingerprint density at radius 2 is 1.88 bits per heavy atom. The van der Waals surface area contributed by atoms with Gasteiger partial charge in [0.05, 0.1) is 30.7 Å². The summed E-state index contributed by atoms with van der Waals surface area (Å²) >= 11 is 6.19. The monoisotopic (exact) mass is 477 g/mol. The predicted octanol–water partition coefficient (Wildman–Crippen LogP) is 4.28. The smallest absolute Gasteiger partial charge is 0.355 e. The minimum atomic E-state index is -4.30. The molecule has 1 saturated heterocycles. The second-order valence-electron chi connectivity index (χ2n) is 8.62. The lowest BCUT2D eigenvalue weighted by molar-refractivity contribution is -0.148. The van der Waals surface area contributed by atoms with E-state index in [1.807, 2.05) is 17.6 Å². The molecule has 0 aliphatic carbocycles. The number of benzene rings is 1. The third kappa shape index (κ3) is 4.67. The molecule has 1 aromatic carbocycles. The van der Waals surface area contributed by atoms with E-state index < -0.39 is 12.7 Å². The average Bonchev–Trinajstić information content (AvgIpc) is 3.09. The van der Waals surface area contributed by atoms with E-state index >= 15 is 0 Å². The maximum Gasteiger partial charge on any atom is 0.401 e. The Kier molecular flexibility index (Phi) is 5.74. The van der Waals surface area contributed by atoms with E-state index in [1.54, 1.807) is 24.5 Å². The van der Waals surface area contributed by atoms with Crippen molar-refractivity contribution in [3.8, 4) is 5.69 Å². The number of nitrogens with zero attached hydrogens (tertiary/aromatic N) is 7. The molecule has 4 heterocycles. The minimum absolute atomic E-state index is 0.0660. The van der Waals surface area contributed by atoms with Crippen LogP contribution >= 0.6 is 11.6 Å². The van der Waals surface area contributed by atoms with Crippen molar-refractivity contribution in [2.24, 2.45) is 0 Å². The van der Waals surface area contributed by atoms with Gasteiger partial charge in [0, 0.05) is 36.8 Å². The molecule has 0 bridgehead atoms. The van der Waals surface area contributed by atoms with Crippen molar-refractivity contribution >= 4 is 17.4 Å². The third-order valence-electron chi connectivity index (χ3n) is 6.13. The van der Waals surface area contributed by atoms with Crippen molar-refractivity contribution in [3.05, 3.63) is 58.5 Å². The van der Waals surface area contributed by atoms with Gasteiger partial charge in [0.2, 0.25) is 0 Å². The molecular weight excluding hydrogens is 455 g/mol. The Morgan fingerprint density at radius 1 is 1.09 bits per heavy atom. The molecule has 0 amide bonds. The highest BCUT2D eigenvalue weighted by Crippen LogP contribution is 2.34. The molecule has 33 heavy (non-hydrogen) atoms. The maximum atomic E-state index is 13.2. The molecule has 2 aliphatic heterocycles. The summed E-state index contributed by atoms with van der Waals surface area (Å²) in [6.07, 6.45) is 0.868. The van der Waals surface area contributed by atoms with E-state index in [2.05, 4.69) is 25.1 Å². The van der Waals surface area contributed by atoms with Crippen LogP contribution in [0.4, 0.5) is 19.0 Å². The highest BCUT2D eigenvalue weighted by Gasteiger charge is 2.35. The Labute approximate surface area is 194 Å². The Hall–Kier alpha value is -2.72. The first-order valence-corrected chi connectivity index (χ1v) is 11.2. The number of hydrogen-bond donors (Lipinski definition) is 0.